The van der Waals surface area contributed by atoms with Gasteiger partial charge >= 0.3 is 0 Å². The summed E-state index contributed by atoms with van der Waals surface area (Å²) in [5.74, 6) is 7.38. The van der Waals surface area contributed by atoms with Gasteiger partial charge in [-0.2, -0.15) is 4.98 Å². The molecule has 1 aliphatic carbocycles. The van der Waals surface area contributed by atoms with Crippen molar-refractivity contribution < 1.29 is 19.3 Å². The molecule has 6 rings (SSSR count). The quantitative estimate of drug-likeness (QED) is 0.547. The van der Waals surface area contributed by atoms with Crippen LogP contribution in [-0.2, 0) is 9.47 Å². The molecule has 8 heteroatoms. The molecule has 7 nitrogen and oxygen atoms in total. The number of H-pyrrole nitrogens is 1. The molecular formula is C26H26ClN3O4. The topological polar surface area (TPSA) is 89.5 Å². The second-order valence-electron chi connectivity index (χ2n) is 9.29. The van der Waals surface area contributed by atoms with Gasteiger partial charge < -0.3 is 24.3 Å². The molecule has 3 fully saturated rings. The molecule has 0 amide bonds. The van der Waals surface area contributed by atoms with Crippen LogP contribution in [0.2, 0.25) is 5.02 Å². The molecule has 34 heavy (non-hydrogen) atoms. The molecule has 2 saturated heterocycles. The molecule has 2 N–H and O–H groups in total. The number of ether oxygens (including phenoxy) is 3. The third-order valence-electron chi connectivity index (χ3n) is 6.91. The summed E-state index contributed by atoms with van der Waals surface area (Å²) in [6, 6.07) is 10.1. The molecule has 0 spiro atoms. The SMILES string of the molecule is O[C@@H]1CO[C@H]2[C@@H]1OC[C@H]2Oc1nc2nc(-c3ccc(C#CCC4CCCC4)cc3)c(Cl)cc2[nH]1. The number of aliphatic hydroxyl groups is 1. The zero-order valence-electron chi connectivity index (χ0n) is 18.7. The van der Waals surface area contributed by atoms with E-state index in [9.17, 15) is 5.11 Å². The maximum Gasteiger partial charge on any atom is 0.296 e. The number of nitrogens with one attached hydrogen (secondary N) is 1. The summed E-state index contributed by atoms with van der Waals surface area (Å²) in [5.41, 5.74) is 3.74. The number of benzene rings is 1. The standard InChI is InChI=1S/C26H26ClN3O4/c27-18-12-19-25(30-26(28-19)34-21-14-33-23-20(31)13-32-24(21)23)29-22(18)17-10-8-16(9-11-17)7-3-6-15-4-1-2-5-15/h8-12,15,20-21,23-24,31H,1-2,4-6,13-14H2,(H,28,29,30)/t20-,21-,23-,24-/m1/s1. The third kappa shape index (κ3) is 4.27. The van der Waals surface area contributed by atoms with E-state index in [1.54, 1.807) is 6.07 Å². The summed E-state index contributed by atoms with van der Waals surface area (Å²) in [4.78, 5) is 12.3. The lowest BCUT2D eigenvalue weighted by Crippen LogP contribution is -2.34. The minimum Gasteiger partial charge on any atom is -0.456 e. The van der Waals surface area contributed by atoms with Gasteiger partial charge in [0, 0.05) is 17.5 Å². The van der Waals surface area contributed by atoms with Crippen molar-refractivity contribution >= 4 is 22.8 Å². The smallest absolute Gasteiger partial charge is 0.296 e. The maximum absolute atomic E-state index is 9.91. The number of imidazole rings is 1. The van der Waals surface area contributed by atoms with Crippen molar-refractivity contribution in [2.24, 2.45) is 5.92 Å². The van der Waals surface area contributed by atoms with Crippen LogP contribution in [-0.4, -0.2) is 57.7 Å². The highest BCUT2D eigenvalue weighted by molar-refractivity contribution is 6.33. The average molecular weight is 480 g/mol. The fourth-order valence-electron chi connectivity index (χ4n) is 5.07. The Balaban J connectivity index is 1.18. The fourth-order valence-corrected chi connectivity index (χ4v) is 5.33. The predicted octanol–water partition coefficient (Wildman–Crippen LogP) is 4.12. The summed E-state index contributed by atoms with van der Waals surface area (Å²) < 4.78 is 17.2. The van der Waals surface area contributed by atoms with Crippen molar-refractivity contribution in [1.29, 1.82) is 0 Å². The lowest BCUT2D eigenvalue weighted by Gasteiger charge is -2.15. The minimum atomic E-state index is -0.623. The van der Waals surface area contributed by atoms with Crippen LogP contribution in [0, 0.1) is 17.8 Å². The number of aliphatic hydroxyl groups excluding tert-OH is 1. The van der Waals surface area contributed by atoms with Crippen molar-refractivity contribution in [2.75, 3.05) is 13.2 Å². The van der Waals surface area contributed by atoms with Gasteiger partial charge in [-0.05, 0) is 37.0 Å². The van der Waals surface area contributed by atoms with Crippen LogP contribution in [0.25, 0.3) is 22.4 Å². The highest BCUT2D eigenvalue weighted by atomic mass is 35.5. The summed E-state index contributed by atoms with van der Waals surface area (Å²) in [6.07, 6.45) is 4.66. The molecule has 1 aromatic carbocycles. The zero-order chi connectivity index (χ0) is 23.1. The number of pyridine rings is 1. The summed E-state index contributed by atoms with van der Waals surface area (Å²) in [7, 11) is 0. The van der Waals surface area contributed by atoms with Gasteiger partial charge in [0.15, 0.2) is 11.8 Å². The summed E-state index contributed by atoms with van der Waals surface area (Å²) in [6.45, 7) is 0.583. The van der Waals surface area contributed by atoms with Crippen LogP contribution in [0.15, 0.2) is 30.3 Å². The van der Waals surface area contributed by atoms with Gasteiger partial charge in [-0.25, -0.2) is 4.98 Å². The van der Waals surface area contributed by atoms with E-state index < -0.39 is 6.10 Å². The van der Waals surface area contributed by atoms with Gasteiger partial charge in [-0.1, -0.05) is 48.4 Å². The van der Waals surface area contributed by atoms with Gasteiger partial charge in [0.2, 0.25) is 0 Å². The van der Waals surface area contributed by atoms with Crippen LogP contribution < -0.4 is 4.74 Å². The Morgan fingerprint density at radius 1 is 1.09 bits per heavy atom. The van der Waals surface area contributed by atoms with E-state index in [4.69, 9.17) is 25.8 Å². The Morgan fingerprint density at radius 3 is 2.71 bits per heavy atom. The molecular weight excluding hydrogens is 454 g/mol. The molecule has 0 unspecified atom stereocenters. The number of aromatic amines is 1. The largest absolute Gasteiger partial charge is 0.456 e. The molecule has 176 valence electrons. The fraction of sp³-hybridized carbons (Fsp3) is 0.462. The lowest BCUT2D eigenvalue weighted by atomic mass is 10.0. The van der Waals surface area contributed by atoms with Crippen LogP contribution in [0.3, 0.4) is 0 Å². The molecule has 0 bridgehead atoms. The number of hydrogen-bond donors (Lipinski definition) is 2. The van der Waals surface area contributed by atoms with Gasteiger partial charge in [-0.15, -0.1) is 0 Å². The van der Waals surface area contributed by atoms with E-state index >= 15 is 0 Å². The number of rotatable bonds is 4. The molecule has 3 aliphatic rings. The van der Waals surface area contributed by atoms with Crippen LogP contribution in [0.1, 0.15) is 37.7 Å². The van der Waals surface area contributed by atoms with E-state index in [2.05, 4.69) is 26.8 Å². The predicted molar refractivity (Wildman–Crippen MR) is 128 cm³/mol. The maximum atomic E-state index is 9.91. The van der Waals surface area contributed by atoms with Gasteiger partial charge in [0.1, 0.15) is 18.3 Å². The molecule has 2 aromatic heterocycles. The van der Waals surface area contributed by atoms with Crippen molar-refractivity contribution in [3.05, 3.63) is 40.9 Å². The zero-order valence-corrected chi connectivity index (χ0v) is 19.4. The molecule has 4 heterocycles. The van der Waals surface area contributed by atoms with Gasteiger partial charge in [0.25, 0.3) is 6.01 Å². The normalized spacial score (nSPS) is 26.5. The Labute approximate surface area is 202 Å². The Hall–Kier alpha value is -2.63. The van der Waals surface area contributed by atoms with E-state index in [0.717, 1.165) is 23.5 Å². The second-order valence-corrected chi connectivity index (χ2v) is 9.69. The van der Waals surface area contributed by atoms with Gasteiger partial charge in [0.05, 0.1) is 29.4 Å². The number of halogens is 1. The number of fused-ring (bicyclic) bond motifs is 2. The first-order valence-electron chi connectivity index (χ1n) is 11.9. The lowest BCUT2D eigenvalue weighted by molar-refractivity contribution is 0.00706. The number of aromatic nitrogens is 3. The molecule has 3 aromatic rings. The summed E-state index contributed by atoms with van der Waals surface area (Å²) in [5, 5.41) is 10.4. The first-order valence-corrected chi connectivity index (χ1v) is 12.3. The second kappa shape index (κ2) is 9.20. The van der Waals surface area contributed by atoms with Gasteiger partial charge in [-0.3, -0.25) is 0 Å². The highest BCUT2D eigenvalue weighted by Gasteiger charge is 2.48. The highest BCUT2D eigenvalue weighted by Crippen LogP contribution is 2.32. The third-order valence-corrected chi connectivity index (χ3v) is 7.19. The Bertz CT molecular complexity index is 1240. The van der Waals surface area contributed by atoms with Crippen molar-refractivity contribution in [3.8, 4) is 29.1 Å². The van der Waals surface area contributed by atoms with E-state index in [1.165, 1.54) is 25.7 Å². The Morgan fingerprint density at radius 2 is 1.88 bits per heavy atom. The van der Waals surface area contributed by atoms with E-state index in [-0.39, 0.29) is 24.9 Å². The first kappa shape index (κ1) is 21.9. The van der Waals surface area contributed by atoms with Crippen molar-refractivity contribution in [3.63, 3.8) is 0 Å². The minimum absolute atomic E-state index is 0.251. The van der Waals surface area contributed by atoms with E-state index in [1.807, 2.05) is 24.3 Å². The average Bonchev–Trinajstić information content (AvgIpc) is 3.62. The van der Waals surface area contributed by atoms with Crippen molar-refractivity contribution in [2.45, 2.75) is 56.5 Å². The van der Waals surface area contributed by atoms with Crippen LogP contribution >= 0.6 is 11.6 Å². The first-order chi connectivity index (χ1) is 16.6. The number of hydrogen-bond acceptors (Lipinski definition) is 6. The summed E-state index contributed by atoms with van der Waals surface area (Å²) >= 11 is 6.56. The molecule has 2 aliphatic heterocycles. The molecule has 1 saturated carbocycles. The molecule has 0 radical (unpaired) electrons. The monoisotopic (exact) mass is 479 g/mol. The molecule has 4 atom stereocenters. The van der Waals surface area contributed by atoms with Crippen molar-refractivity contribution in [1.82, 2.24) is 15.0 Å². The van der Waals surface area contributed by atoms with Crippen LogP contribution in [0.4, 0.5) is 0 Å². The van der Waals surface area contributed by atoms with Crippen LogP contribution in [0.5, 0.6) is 6.01 Å². The number of nitrogens with zero attached hydrogens (tertiary/aromatic N) is 2. The van der Waals surface area contributed by atoms with E-state index in [0.29, 0.717) is 34.5 Å². The Kier molecular flexibility index (Phi) is 5.92.